The molecule has 1 saturated carbocycles. The second-order valence-electron chi connectivity index (χ2n) is 5.91. The SMILES string of the molecule is O=C(O)[C@@H]1C[C@@H]1c1ccc(-c2[nH]cnc2Sc2ccc(Cl)cn2)cc1. The van der Waals surface area contributed by atoms with E-state index in [-0.39, 0.29) is 11.8 Å². The molecule has 5 nitrogen and oxygen atoms in total. The molecule has 4 rings (SSSR count). The lowest BCUT2D eigenvalue weighted by Crippen LogP contribution is -1.98. The number of hydrogen-bond acceptors (Lipinski definition) is 4. The van der Waals surface area contributed by atoms with Crippen molar-refractivity contribution in [2.24, 2.45) is 5.92 Å². The minimum absolute atomic E-state index is 0.139. The Labute approximate surface area is 153 Å². The third kappa shape index (κ3) is 3.41. The van der Waals surface area contributed by atoms with Crippen molar-refractivity contribution in [2.45, 2.75) is 22.4 Å². The summed E-state index contributed by atoms with van der Waals surface area (Å²) in [6.45, 7) is 0. The number of pyridine rings is 1. The highest BCUT2D eigenvalue weighted by Crippen LogP contribution is 2.47. The molecule has 2 N–H and O–H groups in total. The van der Waals surface area contributed by atoms with Gasteiger partial charge in [0.05, 0.1) is 23.0 Å². The van der Waals surface area contributed by atoms with E-state index < -0.39 is 5.97 Å². The van der Waals surface area contributed by atoms with Gasteiger partial charge in [-0.05, 0) is 41.8 Å². The average molecular weight is 372 g/mol. The molecule has 1 aliphatic rings. The number of aromatic amines is 1. The van der Waals surface area contributed by atoms with Crippen molar-refractivity contribution in [3.63, 3.8) is 0 Å². The maximum atomic E-state index is 11.0. The number of nitrogens with zero attached hydrogens (tertiary/aromatic N) is 2. The molecule has 3 aromatic rings. The molecule has 1 fully saturated rings. The minimum atomic E-state index is -0.711. The van der Waals surface area contributed by atoms with E-state index in [1.54, 1.807) is 18.6 Å². The van der Waals surface area contributed by atoms with Gasteiger partial charge < -0.3 is 10.1 Å². The number of aromatic nitrogens is 3. The number of H-pyrrole nitrogens is 1. The Balaban J connectivity index is 1.54. The van der Waals surface area contributed by atoms with Gasteiger partial charge in [0, 0.05) is 11.8 Å². The van der Waals surface area contributed by atoms with Crippen molar-refractivity contribution in [1.29, 1.82) is 0 Å². The Morgan fingerprint density at radius 2 is 2.00 bits per heavy atom. The lowest BCUT2D eigenvalue weighted by atomic mass is 10.1. The zero-order valence-electron chi connectivity index (χ0n) is 13.0. The first kappa shape index (κ1) is 16.2. The fourth-order valence-electron chi connectivity index (χ4n) is 2.82. The van der Waals surface area contributed by atoms with Crippen LogP contribution in [0.1, 0.15) is 17.9 Å². The Hall–Kier alpha value is -2.31. The van der Waals surface area contributed by atoms with Crippen LogP contribution in [0.25, 0.3) is 11.3 Å². The molecule has 0 aliphatic heterocycles. The van der Waals surface area contributed by atoms with Gasteiger partial charge in [0.25, 0.3) is 0 Å². The van der Waals surface area contributed by atoms with Gasteiger partial charge in [0.1, 0.15) is 10.1 Å². The molecule has 126 valence electrons. The number of carboxylic acid groups (broad SMARTS) is 1. The van der Waals surface area contributed by atoms with E-state index in [0.717, 1.165) is 33.3 Å². The number of benzene rings is 1. The van der Waals surface area contributed by atoms with E-state index in [1.165, 1.54) is 11.8 Å². The van der Waals surface area contributed by atoms with Gasteiger partial charge in [-0.15, -0.1) is 0 Å². The summed E-state index contributed by atoms with van der Waals surface area (Å²) in [7, 11) is 0. The molecule has 0 bridgehead atoms. The number of halogens is 1. The monoisotopic (exact) mass is 371 g/mol. The van der Waals surface area contributed by atoms with E-state index >= 15 is 0 Å². The summed E-state index contributed by atoms with van der Waals surface area (Å²) in [5, 5.41) is 11.3. The molecule has 2 aromatic heterocycles. The normalized spacial score (nSPS) is 18.9. The molecule has 0 radical (unpaired) electrons. The van der Waals surface area contributed by atoms with Gasteiger partial charge in [0.2, 0.25) is 0 Å². The van der Waals surface area contributed by atoms with Gasteiger partial charge in [0.15, 0.2) is 0 Å². The van der Waals surface area contributed by atoms with Crippen LogP contribution in [0, 0.1) is 5.92 Å². The van der Waals surface area contributed by atoms with Crippen molar-refractivity contribution in [1.82, 2.24) is 15.0 Å². The zero-order valence-corrected chi connectivity index (χ0v) is 14.6. The van der Waals surface area contributed by atoms with Crippen LogP contribution in [0.4, 0.5) is 0 Å². The van der Waals surface area contributed by atoms with Crippen molar-refractivity contribution in [2.75, 3.05) is 0 Å². The number of aliphatic carboxylic acids is 1. The first-order valence-electron chi connectivity index (χ1n) is 7.78. The molecular weight excluding hydrogens is 358 g/mol. The summed E-state index contributed by atoms with van der Waals surface area (Å²) in [5.41, 5.74) is 2.99. The predicted octanol–water partition coefficient (Wildman–Crippen LogP) is 4.46. The summed E-state index contributed by atoms with van der Waals surface area (Å²) in [4.78, 5) is 22.8. The fraction of sp³-hybridized carbons (Fsp3) is 0.167. The summed E-state index contributed by atoms with van der Waals surface area (Å²) in [5.74, 6) is -0.808. The maximum Gasteiger partial charge on any atom is 0.307 e. The highest BCUT2D eigenvalue weighted by molar-refractivity contribution is 7.99. The van der Waals surface area contributed by atoms with Crippen LogP contribution in [-0.2, 0) is 4.79 Å². The van der Waals surface area contributed by atoms with Crippen LogP contribution in [0.2, 0.25) is 5.02 Å². The molecule has 1 aliphatic carbocycles. The molecule has 0 unspecified atom stereocenters. The van der Waals surface area contributed by atoms with Gasteiger partial charge in [-0.25, -0.2) is 9.97 Å². The molecule has 7 heteroatoms. The molecule has 2 heterocycles. The van der Waals surface area contributed by atoms with E-state index in [0.29, 0.717) is 5.02 Å². The Morgan fingerprint density at radius 1 is 1.20 bits per heavy atom. The van der Waals surface area contributed by atoms with Crippen molar-refractivity contribution >= 4 is 29.3 Å². The lowest BCUT2D eigenvalue weighted by molar-refractivity contribution is -0.138. The second-order valence-corrected chi connectivity index (χ2v) is 7.35. The van der Waals surface area contributed by atoms with E-state index in [9.17, 15) is 4.79 Å². The van der Waals surface area contributed by atoms with Crippen molar-refractivity contribution in [3.05, 3.63) is 59.5 Å². The summed E-state index contributed by atoms with van der Waals surface area (Å²) in [6, 6.07) is 11.6. The summed E-state index contributed by atoms with van der Waals surface area (Å²) in [6.07, 6.45) is 3.99. The maximum absolute atomic E-state index is 11.0. The van der Waals surface area contributed by atoms with E-state index in [2.05, 4.69) is 15.0 Å². The van der Waals surface area contributed by atoms with Crippen LogP contribution < -0.4 is 0 Å². The van der Waals surface area contributed by atoms with E-state index in [4.69, 9.17) is 16.7 Å². The number of rotatable bonds is 5. The molecule has 25 heavy (non-hydrogen) atoms. The quantitative estimate of drug-likeness (QED) is 0.692. The molecular formula is C18H14ClN3O2S. The number of carbonyl (C=O) groups is 1. The minimum Gasteiger partial charge on any atom is -0.481 e. The summed E-state index contributed by atoms with van der Waals surface area (Å²) >= 11 is 7.33. The molecule has 1 aromatic carbocycles. The Bertz CT molecular complexity index is 909. The lowest BCUT2D eigenvalue weighted by Gasteiger charge is -2.05. The number of imidazole rings is 1. The number of hydrogen-bond donors (Lipinski definition) is 2. The van der Waals surface area contributed by atoms with Gasteiger partial charge in [-0.3, -0.25) is 4.79 Å². The predicted molar refractivity (Wildman–Crippen MR) is 95.9 cm³/mol. The first-order chi connectivity index (χ1) is 12.1. The highest BCUT2D eigenvalue weighted by Gasteiger charge is 2.44. The van der Waals surface area contributed by atoms with Gasteiger partial charge in [-0.2, -0.15) is 0 Å². The van der Waals surface area contributed by atoms with E-state index in [1.807, 2.05) is 30.3 Å². The van der Waals surface area contributed by atoms with Crippen LogP contribution in [0.5, 0.6) is 0 Å². The Kier molecular flexibility index (Phi) is 4.23. The third-order valence-electron chi connectivity index (χ3n) is 4.24. The number of carboxylic acids is 1. The highest BCUT2D eigenvalue weighted by atomic mass is 35.5. The Morgan fingerprint density at radius 3 is 2.64 bits per heavy atom. The molecule has 0 amide bonds. The second kappa shape index (κ2) is 6.54. The average Bonchev–Trinajstić information content (AvgIpc) is 3.30. The topological polar surface area (TPSA) is 78.9 Å². The molecule has 2 atom stereocenters. The van der Waals surface area contributed by atoms with Crippen molar-refractivity contribution in [3.8, 4) is 11.3 Å². The van der Waals surface area contributed by atoms with Crippen LogP contribution in [-0.4, -0.2) is 26.0 Å². The standard InChI is InChI=1S/C18H14ClN3O2S/c19-12-5-6-15(20-8-12)25-17-16(21-9-22-17)11-3-1-10(2-4-11)13-7-14(13)18(23)24/h1-6,8-9,13-14H,7H2,(H,21,22)(H,23,24)/t13-,14-/m1/s1. The van der Waals surface area contributed by atoms with Crippen LogP contribution in [0.15, 0.2) is 59.0 Å². The zero-order chi connectivity index (χ0) is 17.4. The molecule has 0 saturated heterocycles. The van der Waals surface area contributed by atoms with Crippen molar-refractivity contribution < 1.29 is 9.90 Å². The largest absolute Gasteiger partial charge is 0.481 e. The van der Waals surface area contributed by atoms with Gasteiger partial charge in [-0.1, -0.05) is 35.9 Å². The number of nitrogens with one attached hydrogen (secondary N) is 1. The fourth-order valence-corrected chi connectivity index (χ4v) is 3.76. The smallest absolute Gasteiger partial charge is 0.307 e. The summed E-state index contributed by atoms with van der Waals surface area (Å²) < 4.78 is 0. The van der Waals surface area contributed by atoms with Crippen LogP contribution >= 0.6 is 23.4 Å². The molecule has 0 spiro atoms. The first-order valence-corrected chi connectivity index (χ1v) is 8.97. The van der Waals surface area contributed by atoms with Crippen LogP contribution in [0.3, 0.4) is 0 Å². The third-order valence-corrected chi connectivity index (χ3v) is 5.42. The van der Waals surface area contributed by atoms with Gasteiger partial charge >= 0.3 is 5.97 Å².